The van der Waals surface area contributed by atoms with E-state index >= 15 is 0 Å². The summed E-state index contributed by atoms with van der Waals surface area (Å²) in [5.74, 6) is 0.599. The summed E-state index contributed by atoms with van der Waals surface area (Å²) in [5.41, 5.74) is -0.0867. The Kier molecular flexibility index (Phi) is 4.86. The van der Waals surface area contributed by atoms with Crippen molar-refractivity contribution in [3.8, 4) is 5.75 Å². The molecule has 1 aromatic carbocycles. The van der Waals surface area contributed by atoms with E-state index in [0.29, 0.717) is 24.5 Å². The Balaban J connectivity index is 2.14. The third-order valence-corrected chi connectivity index (χ3v) is 5.42. The molecule has 0 saturated carbocycles. The lowest BCUT2D eigenvalue weighted by Crippen LogP contribution is -2.52. The minimum atomic E-state index is -3.68. The topological polar surface area (TPSA) is 84.9 Å². The van der Waals surface area contributed by atoms with Crippen molar-refractivity contribution in [3.05, 3.63) is 23.8 Å². The molecule has 0 aliphatic carbocycles. The van der Waals surface area contributed by atoms with Crippen LogP contribution in [-0.2, 0) is 14.8 Å². The zero-order valence-electron chi connectivity index (χ0n) is 13.8. The molecular formula is C15H22N2O5S. The van der Waals surface area contributed by atoms with Crippen LogP contribution in [0.5, 0.6) is 5.75 Å². The molecule has 7 nitrogen and oxygen atoms in total. The number of aryl methyl sites for hydroxylation is 1. The van der Waals surface area contributed by atoms with Gasteiger partial charge >= 0.3 is 6.09 Å². The number of cyclic esters (lactones) is 1. The van der Waals surface area contributed by atoms with Gasteiger partial charge < -0.3 is 9.47 Å². The van der Waals surface area contributed by atoms with E-state index in [2.05, 4.69) is 4.72 Å². The number of ether oxygens (including phenoxy) is 2. The lowest BCUT2D eigenvalue weighted by Gasteiger charge is -2.33. The average Bonchev–Trinajstić information content (AvgIpc) is 2.92. The zero-order valence-corrected chi connectivity index (χ0v) is 14.6. The highest BCUT2D eigenvalue weighted by molar-refractivity contribution is 7.89. The Bertz CT molecular complexity index is 700. The summed E-state index contributed by atoms with van der Waals surface area (Å²) in [4.78, 5) is 13.4. The first-order valence-corrected chi connectivity index (χ1v) is 8.74. The zero-order chi connectivity index (χ0) is 17.3. The second kappa shape index (κ2) is 6.37. The highest BCUT2D eigenvalue weighted by Gasteiger charge is 2.36. The number of amides is 1. The van der Waals surface area contributed by atoms with Crippen molar-refractivity contribution in [1.82, 2.24) is 9.62 Å². The minimum Gasteiger partial charge on any atom is -0.497 e. The molecule has 1 aliphatic heterocycles. The summed E-state index contributed by atoms with van der Waals surface area (Å²) in [5, 5.41) is 0. The van der Waals surface area contributed by atoms with Crippen LogP contribution in [0.2, 0.25) is 0 Å². The maximum Gasteiger partial charge on any atom is 0.410 e. The molecule has 1 fully saturated rings. The van der Waals surface area contributed by atoms with Gasteiger partial charge in [0.05, 0.1) is 24.1 Å². The molecule has 0 unspecified atom stereocenters. The third kappa shape index (κ3) is 3.76. The largest absolute Gasteiger partial charge is 0.497 e. The molecule has 1 heterocycles. The van der Waals surface area contributed by atoms with Crippen molar-refractivity contribution >= 4 is 16.1 Å². The number of hydrogen-bond acceptors (Lipinski definition) is 5. The van der Waals surface area contributed by atoms with Gasteiger partial charge in [-0.05, 0) is 44.5 Å². The molecule has 128 valence electrons. The highest BCUT2D eigenvalue weighted by atomic mass is 32.2. The second-order valence-electron chi connectivity index (χ2n) is 6.03. The number of rotatable bonds is 6. The number of sulfonamides is 1. The average molecular weight is 342 g/mol. The Morgan fingerprint density at radius 2 is 2.09 bits per heavy atom. The molecule has 1 aliphatic rings. The fourth-order valence-corrected chi connectivity index (χ4v) is 3.87. The van der Waals surface area contributed by atoms with Gasteiger partial charge in [0.25, 0.3) is 0 Å². The van der Waals surface area contributed by atoms with Gasteiger partial charge in [0.1, 0.15) is 12.4 Å². The molecule has 23 heavy (non-hydrogen) atoms. The van der Waals surface area contributed by atoms with Gasteiger partial charge in [-0.3, -0.25) is 4.90 Å². The van der Waals surface area contributed by atoms with E-state index in [9.17, 15) is 13.2 Å². The van der Waals surface area contributed by atoms with Gasteiger partial charge in [0.2, 0.25) is 10.0 Å². The number of benzene rings is 1. The molecule has 2 rings (SSSR count). The first kappa shape index (κ1) is 17.6. The minimum absolute atomic E-state index is 0.0932. The molecular weight excluding hydrogens is 320 g/mol. The van der Waals surface area contributed by atoms with Crippen LogP contribution in [0.4, 0.5) is 4.79 Å². The van der Waals surface area contributed by atoms with Crippen LogP contribution < -0.4 is 9.46 Å². The predicted octanol–water partition coefficient (Wildman–Crippen LogP) is 1.51. The first-order valence-electron chi connectivity index (χ1n) is 7.26. The molecule has 1 aromatic rings. The summed E-state index contributed by atoms with van der Waals surface area (Å²) in [6.07, 6.45) is -0.421. The predicted molar refractivity (Wildman–Crippen MR) is 85.1 cm³/mol. The van der Waals surface area contributed by atoms with Gasteiger partial charge in [-0.25, -0.2) is 17.9 Å². The maximum atomic E-state index is 12.5. The van der Waals surface area contributed by atoms with Gasteiger partial charge in [0, 0.05) is 6.54 Å². The second-order valence-corrected chi connectivity index (χ2v) is 7.77. The van der Waals surface area contributed by atoms with E-state index < -0.39 is 21.7 Å². The van der Waals surface area contributed by atoms with E-state index in [-0.39, 0.29) is 11.4 Å². The quantitative estimate of drug-likeness (QED) is 0.847. The smallest absolute Gasteiger partial charge is 0.410 e. The summed E-state index contributed by atoms with van der Waals surface area (Å²) >= 11 is 0. The highest BCUT2D eigenvalue weighted by Crippen LogP contribution is 2.23. The van der Waals surface area contributed by atoms with Gasteiger partial charge in [0.15, 0.2) is 0 Å². The van der Waals surface area contributed by atoms with E-state index in [1.165, 1.54) is 18.1 Å². The van der Waals surface area contributed by atoms with E-state index in [4.69, 9.17) is 9.47 Å². The number of carbonyl (C=O) groups excluding carboxylic acids is 1. The van der Waals surface area contributed by atoms with Crippen molar-refractivity contribution in [2.45, 2.75) is 31.2 Å². The summed E-state index contributed by atoms with van der Waals surface area (Å²) < 4.78 is 37.6. The van der Waals surface area contributed by atoms with Crippen LogP contribution in [0.3, 0.4) is 0 Å². The Morgan fingerprint density at radius 1 is 1.39 bits per heavy atom. The molecule has 0 spiro atoms. The Hall–Kier alpha value is -1.80. The number of carbonyl (C=O) groups is 1. The molecule has 8 heteroatoms. The normalized spacial score (nSPS) is 15.7. The van der Waals surface area contributed by atoms with Crippen LogP contribution in [-0.4, -0.2) is 51.8 Å². The van der Waals surface area contributed by atoms with E-state index in [0.717, 1.165) is 0 Å². The van der Waals surface area contributed by atoms with Crippen molar-refractivity contribution in [3.63, 3.8) is 0 Å². The van der Waals surface area contributed by atoms with Crippen molar-refractivity contribution in [2.24, 2.45) is 0 Å². The standard InChI is InChI=1S/C15H22N2O5S/c1-11-9-12(21-4)5-6-13(11)23(19,20)16-10-15(2,3)17-7-8-22-14(17)18/h5-6,9,16H,7-8,10H2,1-4H3. The van der Waals surface area contributed by atoms with Crippen molar-refractivity contribution in [2.75, 3.05) is 26.8 Å². The monoisotopic (exact) mass is 342 g/mol. The van der Waals surface area contributed by atoms with Gasteiger partial charge in [-0.1, -0.05) is 0 Å². The van der Waals surface area contributed by atoms with Crippen LogP contribution in [0.1, 0.15) is 19.4 Å². The summed E-state index contributed by atoms with van der Waals surface area (Å²) in [6, 6.07) is 4.77. The Labute approximate surface area is 136 Å². The lowest BCUT2D eigenvalue weighted by atomic mass is 10.0. The molecule has 0 atom stereocenters. The lowest BCUT2D eigenvalue weighted by molar-refractivity contribution is 0.127. The van der Waals surface area contributed by atoms with Crippen LogP contribution in [0, 0.1) is 6.92 Å². The fourth-order valence-electron chi connectivity index (χ4n) is 2.44. The SMILES string of the molecule is COc1ccc(S(=O)(=O)NCC(C)(C)N2CCOC2=O)c(C)c1. The van der Waals surface area contributed by atoms with Crippen molar-refractivity contribution in [1.29, 1.82) is 0 Å². The van der Waals surface area contributed by atoms with E-state index in [1.54, 1.807) is 32.9 Å². The molecule has 0 aromatic heterocycles. The number of nitrogens with one attached hydrogen (secondary N) is 1. The number of hydrogen-bond donors (Lipinski definition) is 1. The number of methoxy groups -OCH3 is 1. The molecule has 0 radical (unpaired) electrons. The summed E-state index contributed by atoms with van der Waals surface area (Å²) in [7, 11) is -2.15. The fraction of sp³-hybridized carbons (Fsp3) is 0.533. The number of nitrogens with zero attached hydrogens (tertiary/aromatic N) is 1. The third-order valence-electron chi connectivity index (χ3n) is 3.86. The first-order chi connectivity index (χ1) is 10.7. The van der Waals surface area contributed by atoms with E-state index in [1.807, 2.05) is 0 Å². The van der Waals surface area contributed by atoms with Crippen LogP contribution in [0.15, 0.2) is 23.1 Å². The molecule has 1 N–H and O–H groups in total. The molecule has 1 amide bonds. The Morgan fingerprint density at radius 3 is 2.61 bits per heavy atom. The maximum absolute atomic E-state index is 12.5. The van der Waals surface area contributed by atoms with Crippen molar-refractivity contribution < 1.29 is 22.7 Å². The molecule has 1 saturated heterocycles. The van der Waals surface area contributed by atoms with Gasteiger partial charge in [-0.2, -0.15) is 0 Å². The molecule has 0 bridgehead atoms. The van der Waals surface area contributed by atoms with Gasteiger partial charge in [-0.15, -0.1) is 0 Å². The van der Waals surface area contributed by atoms with Crippen LogP contribution in [0.25, 0.3) is 0 Å². The van der Waals surface area contributed by atoms with Crippen LogP contribution >= 0.6 is 0 Å². The summed E-state index contributed by atoms with van der Waals surface area (Å²) in [6.45, 7) is 6.17.